The first-order valence-corrected chi connectivity index (χ1v) is 8.99. The zero-order chi connectivity index (χ0) is 19.2. The zero-order valence-electron chi connectivity index (χ0n) is 15.4. The highest BCUT2D eigenvalue weighted by Crippen LogP contribution is 2.37. The lowest BCUT2D eigenvalue weighted by Gasteiger charge is -2.19. The van der Waals surface area contributed by atoms with Crippen molar-refractivity contribution in [3.63, 3.8) is 0 Å². The van der Waals surface area contributed by atoms with Crippen molar-refractivity contribution in [3.8, 4) is 0 Å². The van der Waals surface area contributed by atoms with Crippen LogP contribution in [-0.2, 0) is 4.79 Å². The molecule has 0 atom stereocenters. The second-order valence-electron chi connectivity index (χ2n) is 6.27. The fourth-order valence-corrected chi connectivity index (χ4v) is 3.34. The van der Waals surface area contributed by atoms with Crippen molar-refractivity contribution in [2.45, 2.75) is 13.3 Å². The molecule has 134 valence electrons. The van der Waals surface area contributed by atoms with Crippen molar-refractivity contribution >= 4 is 22.7 Å². The minimum absolute atomic E-state index is 0.0996. The molecule has 27 heavy (non-hydrogen) atoms. The molecule has 0 aliphatic carbocycles. The van der Waals surface area contributed by atoms with Crippen molar-refractivity contribution in [2.75, 3.05) is 0 Å². The Kier molecular flexibility index (Phi) is 5.68. The number of allylic oxidation sites excluding steroid dienone is 1. The number of carboxylic acids is 1. The molecular weight excluding hydrogens is 332 g/mol. The highest BCUT2D eigenvalue weighted by Gasteiger charge is 2.19. The number of carboxylic acid groups (broad SMARTS) is 1. The third-order valence-electron chi connectivity index (χ3n) is 4.62. The van der Waals surface area contributed by atoms with E-state index in [2.05, 4.69) is 37.8 Å². The molecule has 3 aromatic rings. The molecule has 0 bridgehead atoms. The molecule has 2 nitrogen and oxygen atoms in total. The lowest BCUT2D eigenvalue weighted by molar-refractivity contribution is -0.130. The summed E-state index contributed by atoms with van der Waals surface area (Å²) in [6.45, 7) is 5.92. The average Bonchev–Trinajstić information content (AvgIpc) is 2.72. The third kappa shape index (κ3) is 3.90. The van der Waals surface area contributed by atoms with E-state index in [1.54, 1.807) is 0 Å². The Hall–Kier alpha value is -3.39. The van der Waals surface area contributed by atoms with Crippen molar-refractivity contribution in [3.05, 3.63) is 114 Å². The molecule has 0 aromatic heterocycles. The summed E-state index contributed by atoms with van der Waals surface area (Å²) in [5.41, 5.74) is 6.04. The monoisotopic (exact) mass is 354 g/mol. The summed E-state index contributed by atoms with van der Waals surface area (Å²) in [5.74, 6) is -1.01. The summed E-state index contributed by atoms with van der Waals surface area (Å²) in [4.78, 5) is 11.6. The van der Waals surface area contributed by atoms with Gasteiger partial charge in [-0.3, -0.25) is 0 Å². The van der Waals surface area contributed by atoms with Gasteiger partial charge in [0.25, 0.3) is 0 Å². The van der Waals surface area contributed by atoms with Crippen molar-refractivity contribution in [1.82, 2.24) is 0 Å². The van der Waals surface area contributed by atoms with Gasteiger partial charge in [-0.05, 0) is 39.8 Å². The largest absolute Gasteiger partial charge is 0.478 e. The molecule has 0 aliphatic heterocycles. The van der Waals surface area contributed by atoms with Crippen molar-refractivity contribution in [2.24, 2.45) is 0 Å². The van der Waals surface area contributed by atoms with Gasteiger partial charge in [0.1, 0.15) is 0 Å². The van der Waals surface area contributed by atoms with Crippen LogP contribution in [0, 0.1) is 0 Å². The molecule has 1 N–H and O–H groups in total. The van der Waals surface area contributed by atoms with E-state index in [0.29, 0.717) is 5.56 Å². The van der Waals surface area contributed by atoms with Crippen molar-refractivity contribution in [1.29, 1.82) is 0 Å². The first kappa shape index (κ1) is 18.4. The van der Waals surface area contributed by atoms with Crippen LogP contribution in [0.2, 0.25) is 0 Å². The molecule has 0 aliphatic rings. The predicted molar refractivity (Wildman–Crippen MR) is 112 cm³/mol. The average molecular weight is 354 g/mol. The summed E-state index contributed by atoms with van der Waals surface area (Å²) in [5, 5.41) is 9.51. The molecule has 3 aromatic carbocycles. The molecular formula is C25H22O2. The fourth-order valence-electron chi connectivity index (χ4n) is 3.34. The van der Waals surface area contributed by atoms with E-state index in [-0.39, 0.29) is 5.57 Å². The molecule has 0 saturated carbocycles. The van der Waals surface area contributed by atoms with Gasteiger partial charge < -0.3 is 5.11 Å². The molecule has 0 spiro atoms. The lowest BCUT2D eigenvalue weighted by Crippen LogP contribution is -2.03. The minimum atomic E-state index is -1.01. The van der Waals surface area contributed by atoms with E-state index in [4.69, 9.17) is 0 Å². The maximum atomic E-state index is 11.6. The quantitative estimate of drug-likeness (QED) is 0.425. The van der Waals surface area contributed by atoms with Gasteiger partial charge in [-0.25, -0.2) is 4.79 Å². The molecule has 0 amide bonds. The van der Waals surface area contributed by atoms with Gasteiger partial charge in [-0.15, -0.1) is 0 Å². The van der Waals surface area contributed by atoms with E-state index in [1.807, 2.05) is 60.7 Å². The third-order valence-corrected chi connectivity index (χ3v) is 4.62. The Bertz CT molecular complexity index is 983. The first-order chi connectivity index (χ1) is 13.1. The van der Waals surface area contributed by atoms with Crippen LogP contribution in [0.25, 0.3) is 16.7 Å². The second-order valence-corrected chi connectivity index (χ2v) is 6.27. The maximum absolute atomic E-state index is 11.6. The van der Waals surface area contributed by atoms with Crippen LogP contribution in [0.5, 0.6) is 0 Å². The van der Waals surface area contributed by atoms with E-state index >= 15 is 0 Å². The first-order valence-electron chi connectivity index (χ1n) is 8.99. The van der Waals surface area contributed by atoms with E-state index in [1.165, 1.54) is 5.57 Å². The molecule has 0 radical (unpaired) electrons. The van der Waals surface area contributed by atoms with Crippen LogP contribution in [-0.4, -0.2) is 11.1 Å². The van der Waals surface area contributed by atoms with Crippen LogP contribution in [0.3, 0.4) is 0 Å². The van der Waals surface area contributed by atoms with Gasteiger partial charge in [0, 0.05) is 0 Å². The lowest BCUT2D eigenvalue weighted by atomic mass is 9.85. The smallest absolute Gasteiger partial charge is 0.335 e. The van der Waals surface area contributed by atoms with Crippen LogP contribution in [0.4, 0.5) is 0 Å². The molecule has 0 heterocycles. The number of rotatable bonds is 6. The summed E-state index contributed by atoms with van der Waals surface area (Å²) in [6.07, 6.45) is 0.822. The summed E-state index contributed by atoms with van der Waals surface area (Å²) < 4.78 is 0. The van der Waals surface area contributed by atoms with Crippen LogP contribution < -0.4 is 0 Å². The minimum Gasteiger partial charge on any atom is -0.478 e. The highest BCUT2D eigenvalue weighted by molar-refractivity contribution is 6.17. The van der Waals surface area contributed by atoms with Gasteiger partial charge in [-0.2, -0.15) is 0 Å². The summed E-state index contributed by atoms with van der Waals surface area (Å²) in [6, 6.07) is 27.9. The van der Waals surface area contributed by atoms with Gasteiger partial charge in [0.15, 0.2) is 0 Å². The normalized spacial score (nSPS) is 11.6. The Balaban J connectivity index is 2.36. The van der Waals surface area contributed by atoms with Gasteiger partial charge in [0.05, 0.1) is 5.57 Å². The zero-order valence-corrected chi connectivity index (χ0v) is 15.4. The fraction of sp³-hybridized carbons (Fsp3) is 0.0800. The topological polar surface area (TPSA) is 37.3 Å². The number of hydrogen-bond acceptors (Lipinski definition) is 1. The summed E-state index contributed by atoms with van der Waals surface area (Å²) in [7, 11) is 0. The second kappa shape index (κ2) is 8.33. The van der Waals surface area contributed by atoms with Crippen LogP contribution in [0.1, 0.15) is 35.6 Å². The van der Waals surface area contributed by atoms with Crippen molar-refractivity contribution < 1.29 is 9.90 Å². The molecule has 0 fully saturated rings. The van der Waals surface area contributed by atoms with E-state index in [0.717, 1.165) is 28.7 Å². The number of aliphatic carboxylic acids is 1. The number of carbonyl (C=O) groups is 1. The molecule has 0 unspecified atom stereocenters. The Morgan fingerprint density at radius 2 is 1.26 bits per heavy atom. The summed E-state index contributed by atoms with van der Waals surface area (Å²) >= 11 is 0. The van der Waals surface area contributed by atoms with E-state index < -0.39 is 5.97 Å². The molecule has 2 heteroatoms. The van der Waals surface area contributed by atoms with Crippen LogP contribution >= 0.6 is 0 Å². The molecule has 3 rings (SSSR count). The van der Waals surface area contributed by atoms with Gasteiger partial charge in [0.2, 0.25) is 0 Å². The Morgan fingerprint density at radius 1 is 0.778 bits per heavy atom. The standard InChI is InChI=1S/C25H22O2/c1-3-21(19-12-6-4-7-13-19)24(20-14-8-5-9-15-20)23-17-11-10-16-22(23)18(2)25(26)27/h4-17H,2-3H2,1H3,(H,26,27). The Labute approximate surface area is 160 Å². The van der Waals surface area contributed by atoms with Gasteiger partial charge in [-0.1, -0.05) is 98.4 Å². The predicted octanol–water partition coefficient (Wildman–Crippen LogP) is 6.15. The Morgan fingerprint density at radius 3 is 1.78 bits per heavy atom. The molecule has 0 saturated heterocycles. The SMILES string of the molecule is C=C(C(=O)O)c1ccccc1C(=C(CC)c1ccccc1)c1ccccc1. The number of hydrogen-bond donors (Lipinski definition) is 1. The number of benzene rings is 3. The van der Waals surface area contributed by atoms with Gasteiger partial charge >= 0.3 is 5.97 Å². The van der Waals surface area contributed by atoms with E-state index in [9.17, 15) is 9.90 Å². The maximum Gasteiger partial charge on any atom is 0.335 e. The van der Waals surface area contributed by atoms with Crippen LogP contribution in [0.15, 0.2) is 91.5 Å². The highest BCUT2D eigenvalue weighted by atomic mass is 16.4.